The summed E-state index contributed by atoms with van der Waals surface area (Å²) in [6.45, 7) is 3.78. The summed E-state index contributed by atoms with van der Waals surface area (Å²) in [5.74, 6) is -0.261. The Bertz CT molecular complexity index is 773. The van der Waals surface area contributed by atoms with Gasteiger partial charge in [-0.25, -0.2) is 0 Å². The van der Waals surface area contributed by atoms with Gasteiger partial charge < -0.3 is 30.9 Å². The molecule has 1 amide bonds. The molecule has 5 N–H and O–H groups in total. The van der Waals surface area contributed by atoms with Gasteiger partial charge in [0.25, 0.3) is 5.91 Å². The number of ether oxygens (including phenoxy) is 2. The number of aliphatic hydroxyl groups is 1. The predicted molar refractivity (Wildman–Crippen MR) is 118 cm³/mol. The van der Waals surface area contributed by atoms with Crippen molar-refractivity contribution in [1.29, 1.82) is 0 Å². The van der Waals surface area contributed by atoms with E-state index in [1.807, 2.05) is 24.3 Å². The molecule has 7 nitrogen and oxygen atoms in total. The molecule has 8 heteroatoms. The molecule has 0 spiro atoms. The lowest BCUT2D eigenvalue weighted by atomic mass is 10.1. The van der Waals surface area contributed by atoms with Crippen LogP contribution in [0.4, 0.5) is 11.4 Å². The van der Waals surface area contributed by atoms with Gasteiger partial charge in [0.1, 0.15) is 0 Å². The van der Waals surface area contributed by atoms with Crippen molar-refractivity contribution in [3.05, 3.63) is 58.1 Å². The van der Waals surface area contributed by atoms with Crippen LogP contribution in [-0.4, -0.2) is 50.5 Å². The van der Waals surface area contributed by atoms with E-state index in [0.717, 1.165) is 29.5 Å². The number of amides is 1. The highest BCUT2D eigenvalue weighted by Gasteiger charge is 2.11. The third-order valence-corrected chi connectivity index (χ3v) is 4.51. The Morgan fingerprint density at radius 3 is 2.72 bits per heavy atom. The second-order valence-corrected chi connectivity index (χ2v) is 7.29. The van der Waals surface area contributed by atoms with E-state index in [4.69, 9.17) is 20.3 Å². The highest BCUT2D eigenvalue weighted by Crippen LogP contribution is 2.20. The van der Waals surface area contributed by atoms with Crippen molar-refractivity contribution in [2.75, 3.05) is 50.6 Å². The lowest BCUT2D eigenvalue weighted by Crippen LogP contribution is -2.22. The molecule has 158 valence electrons. The van der Waals surface area contributed by atoms with Crippen molar-refractivity contribution < 1.29 is 19.4 Å². The molecule has 2 rings (SSSR count). The van der Waals surface area contributed by atoms with E-state index >= 15 is 0 Å². The number of nitrogens with one attached hydrogen (secondary N) is 2. The van der Waals surface area contributed by atoms with Crippen molar-refractivity contribution in [3.63, 3.8) is 0 Å². The number of nitrogens with two attached hydrogens (primary N) is 1. The minimum absolute atomic E-state index is 0.199. The molecule has 0 aliphatic heterocycles. The number of carbonyl (C=O) groups is 1. The van der Waals surface area contributed by atoms with Crippen LogP contribution in [0, 0.1) is 0 Å². The highest BCUT2D eigenvalue weighted by molar-refractivity contribution is 9.10. The zero-order valence-corrected chi connectivity index (χ0v) is 17.9. The van der Waals surface area contributed by atoms with Crippen LogP contribution < -0.4 is 16.4 Å². The number of carbonyl (C=O) groups excluding carboxylic acids is 1. The summed E-state index contributed by atoms with van der Waals surface area (Å²) >= 11 is 3.35. The van der Waals surface area contributed by atoms with Gasteiger partial charge in [0.15, 0.2) is 0 Å². The zero-order valence-electron chi connectivity index (χ0n) is 16.3. The molecular weight excluding hydrogens is 438 g/mol. The average Bonchev–Trinajstić information content (AvgIpc) is 2.71. The smallest absolute Gasteiger partial charge is 0.257 e. The van der Waals surface area contributed by atoms with Crippen molar-refractivity contribution in [3.8, 4) is 0 Å². The topological polar surface area (TPSA) is 106 Å². The summed E-state index contributed by atoms with van der Waals surface area (Å²) in [6.07, 6.45) is 0.749. The molecule has 2 aromatic rings. The third kappa shape index (κ3) is 8.93. The lowest BCUT2D eigenvalue weighted by Gasteiger charge is -2.10. The number of hydrogen-bond donors (Lipinski definition) is 4. The fourth-order valence-electron chi connectivity index (χ4n) is 2.55. The summed E-state index contributed by atoms with van der Waals surface area (Å²) in [7, 11) is 0. The molecule has 0 fully saturated rings. The SMILES string of the molecule is Nc1ccc(Br)cc1C(=O)Nc1cccc(COCCOCCNCCCO)c1. The fraction of sp³-hybridized carbons (Fsp3) is 0.381. The number of nitrogen functional groups attached to an aromatic ring is 1. The molecule has 0 aromatic heterocycles. The van der Waals surface area contributed by atoms with Gasteiger partial charge in [0, 0.05) is 29.0 Å². The van der Waals surface area contributed by atoms with Crippen LogP contribution in [0.2, 0.25) is 0 Å². The number of hydrogen-bond acceptors (Lipinski definition) is 6. The Morgan fingerprint density at radius 2 is 1.90 bits per heavy atom. The molecule has 0 heterocycles. The van der Waals surface area contributed by atoms with E-state index in [1.54, 1.807) is 18.2 Å². The van der Waals surface area contributed by atoms with Crippen LogP contribution in [0.15, 0.2) is 46.9 Å². The first kappa shape index (κ1) is 23.3. The van der Waals surface area contributed by atoms with Crippen molar-refractivity contribution in [2.45, 2.75) is 13.0 Å². The van der Waals surface area contributed by atoms with Crippen molar-refractivity contribution in [1.82, 2.24) is 5.32 Å². The van der Waals surface area contributed by atoms with Gasteiger partial charge in [0.2, 0.25) is 0 Å². The maximum atomic E-state index is 12.5. The van der Waals surface area contributed by atoms with E-state index in [2.05, 4.69) is 26.6 Å². The second kappa shape index (κ2) is 13.3. The summed E-state index contributed by atoms with van der Waals surface area (Å²) < 4.78 is 11.9. The van der Waals surface area contributed by atoms with E-state index in [-0.39, 0.29) is 12.5 Å². The molecule has 0 aliphatic rings. The van der Waals surface area contributed by atoms with Gasteiger partial charge in [-0.15, -0.1) is 0 Å². The van der Waals surface area contributed by atoms with Crippen LogP contribution in [0.1, 0.15) is 22.3 Å². The molecule has 0 saturated carbocycles. The van der Waals surface area contributed by atoms with Gasteiger partial charge in [0.05, 0.1) is 32.0 Å². The molecule has 29 heavy (non-hydrogen) atoms. The standard InChI is InChI=1S/C21H28BrN3O4/c22-17-5-6-20(23)19(14-17)21(27)25-18-4-1-3-16(13-18)15-29-12-11-28-10-8-24-7-2-9-26/h1,3-6,13-14,24,26H,2,7-12,15,23H2,(H,25,27). The maximum Gasteiger partial charge on any atom is 0.257 e. The van der Waals surface area contributed by atoms with Crippen molar-refractivity contribution >= 4 is 33.2 Å². The molecule has 0 atom stereocenters. The minimum Gasteiger partial charge on any atom is -0.398 e. The number of benzene rings is 2. The van der Waals surface area contributed by atoms with Crippen LogP contribution >= 0.6 is 15.9 Å². The monoisotopic (exact) mass is 465 g/mol. The summed E-state index contributed by atoms with van der Waals surface area (Å²) in [6, 6.07) is 12.7. The normalized spacial score (nSPS) is 10.8. The molecule has 0 aliphatic carbocycles. The molecular formula is C21H28BrN3O4. The van der Waals surface area contributed by atoms with Crippen LogP contribution in [0.25, 0.3) is 0 Å². The Balaban J connectivity index is 1.70. The summed E-state index contributed by atoms with van der Waals surface area (Å²) in [5.41, 5.74) is 8.37. The first-order chi connectivity index (χ1) is 14.1. The molecule has 0 bridgehead atoms. The Morgan fingerprint density at radius 1 is 1.07 bits per heavy atom. The number of rotatable bonds is 13. The van der Waals surface area contributed by atoms with E-state index in [1.165, 1.54) is 0 Å². The Labute approximate surface area is 179 Å². The highest BCUT2D eigenvalue weighted by atomic mass is 79.9. The van der Waals surface area contributed by atoms with E-state index < -0.39 is 0 Å². The van der Waals surface area contributed by atoms with E-state index in [9.17, 15) is 4.79 Å². The quantitative estimate of drug-likeness (QED) is 0.267. The Hall–Kier alpha value is -1.97. The maximum absolute atomic E-state index is 12.5. The predicted octanol–water partition coefficient (Wildman–Crippen LogP) is 2.79. The first-order valence-electron chi connectivity index (χ1n) is 9.52. The van der Waals surface area contributed by atoms with Gasteiger partial charge in [-0.1, -0.05) is 28.1 Å². The summed E-state index contributed by atoms with van der Waals surface area (Å²) in [5, 5.41) is 14.7. The molecule has 0 unspecified atom stereocenters. The van der Waals surface area contributed by atoms with Gasteiger partial charge in [-0.3, -0.25) is 4.79 Å². The van der Waals surface area contributed by atoms with Crippen LogP contribution in [-0.2, 0) is 16.1 Å². The van der Waals surface area contributed by atoms with E-state index in [0.29, 0.717) is 43.4 Å². The number of anilines is 2. The largest absolute Gasteiger partial charge is 0.398 e. The molecule has 2 aromatic carbocycles. The zero-order chi connectivity index (χ0) is 20.9. The lowest BCUT2D eigenvalue weighted by molar-refractivity contribution is 0.0416. The molecule has 0 radical (unpaired) electrons. The van der Waals surface area contributed by atoms with Crippen LogP contribution in [0.5, 0.6) is 0 Å². The minimum atomic E-state index is -0.261. The number of aliphatic hydroxyl groups excluding tert-OH is 1. The fourth-order valence-corrected chi connectivity index (χ4v) is 2.91. The summed E-state index contributed by atoms with van der Waals surface area (Å²) in [4.78, 5) is 12.5. The molecule has 0 saturated heterocycles. The van der Waals surface area contributed by atoms with Gasteiger partial charge in [-0.2, -0.15) is 0 Å². The van der Waals surface area contributed by atoms with Gasteiger partial charge >= 0.3 is 0 Å². The third-order valence-electron chi connectivity index (χ3n) is 4.02. The first-order valence-corrected chi connectivity index (χ1v) is 10.3. The second-order valence-electron chi connectivity index (χ2n) is 6.38. The van der Waals surface area contributed by atoms with Crippen LogP contribution in [0.3, 0.4) is 0 Å². The van der Waals surface area contributed by atoms with Gasteiger partial charge in [-0.05, 0) is 48.9 Å². The average molecular weight is 466 g/mol. The van der Waals surface area contributed by atoms with Crippen molar-refractivity contribution in [2.24, 2.45) is 0 Å². The Kier molecular flexibility index (Phi) is 10.7. The number of halogens is 1.